The molecule has 106 valence electrons. The molecule has 7 heteroatoms. The minimum absolute atomic E-state index is 0.0746. The van der Waals surface area contributed by atoms with Crippen molar-refractivity contribution in [2.24, 2.45) is 5.92 Å². The summed E-state index contributed by atoms with van der Waals surface area (Å²) in [4.78, 5) is 26.6. The Morgan fingerprint density at radius 3 is 2.90 bits per heavy atom. The molecule has 3 N–H and O–H groups in total. The molecule has 0 radical (unpaired) electrons. The molecule has 2 aromatic rings. The molecule has 0 bridgehead atoms. The number of aliphatic carboxylic acids is 1. The number of hydrogen-bond acceptors (Lipinski definition) is 4. The van der Waals surface area contributed by atoms with E-state index in [1.54, 1.807) is 0 Å². The summed E-state index contributed by atoms with van der Waals surface area (Å²) < 4.78 is 0.999. The lowest BCUT2D eigenvalue weighted by Crippen LogP contribution is -2.34. The van der Waals surface area contributed by atoms with Crippen molar-refractivity contribution >= 4 is 38.7 Å². The van der Waals surface area contributed by atoms with Gasteiger partial charge in [-0.05, 0) is 24.6 Å². The van der Waals surface area contributed by atoms with Crippen LogP contribution in [-0.4, -0.2) is 28.6 Å². The Hall–Kier alpha value is -2.15. The number of rotatable bonds is 4. The first-order valence-corrected chi connectivity index (χ1v) is 6.92. The number of carboxylic acids is 1. The highest BCUT2D eigenvalue weighted by atomic mass is 32.1. The molecule has 2 amide bonds. The maximum atomic E-state index is 11.6. The average molecular weight is 293 g/mol. The minimum atomic E-state index is -0.944. The quantitative estimate of drug-likeness (QED) is 0.807. The van der Waals surface area contributed by atoms with Gasteiger partial charge in [-0.25, -0.2) is 9.78 Å². The number of nitrogens with zero attached hydrogens (tertiary/aromatic N) is 1. The SMILES string of the molecule is Cc1ccc2nc(NC(=O)NCC(C)C(=O)O)sc2c1. The molecule has 1 heterocycles. The van der Waals surface area contributed by atoms with E-state index in [0.717, 1.165) is 15.8 Å². The molecule has 0 saturated carbocycles. The first-order valence-electron chi connectivity index (χ1n) is 6.10. The number of fused-ring (bicyclic) bond motifs is 1. The molecule has 0 aliphatic heterocycles. The molecule has 0 spiro atoms. The van der Waals surface area contributed by atoms with Gasteiger partial charge in [0.25, 0.3) is 0 Å². The third kappa shape index (κ3) is 3.45. The monoisotopic (exact) mass is 293 g/mol. The second-order valence-corrected chi connectivity index (χ2v) is 5.60. The van der Waals surface area contributed by atoms with Gasteiger partial charge in [-0.15, -0.1) is 0 Å². The predicted octanol–water partition coefficient (Wildman–Crippen LogP) is 2.45. The molecule has 0 aliphatic rings. The van der Waals surface area contributed by atoms with E-state index < -0.39 is 17.9 Å². The van der Waals surface area contributed by atoms with Crippen LogP contribution in [0.1, 0.15) is 12.5 Å². The van der Waals surface area contributed by atoms with Gasteiger partial charge in [0.05, 0.1) is 16.1 Å². The van der Waals surface area contributed by atoms with Crippen LogP contribution in [0.3, 0.4) is 0 Å². The van der Waals surface area contributed by atoms with E-state index >= 15 is 0 Å². The summed E-state index contributed by atoms with van der Waals surface area (Å²) in [7, 11) is 0. The zero-order chi connectivity index (χ0) is 14.7. The Bertz CT molecular complexity index is 653. The van der Waals surface area contributed by atoms with Crippen LogP contribution in [0.2, 0.25) is 0 Å². The van der Waals surface area contributed by atoms with Gasteiger partial charge < -0.3 is 10.4 Å². The van der Waals surface area contributed by atoms with Gasteiger partial charge in [0.1, 0.15) is 0 Å². The molecule has 20 heavy (non-hydrogen) atoms. The Kier molecular flexibility index (Phi) is 4.19. The summed E-state index contributed by atoms with van der Waals surface area (Å²) >= 11 is 1.38. The number of urea groups is 1. The number of benzene rings is 1. The summed E-state index contributed by atoms with van der Waals surface area (Å²) in [5, 5.41) is 14.3. The molecular formula is C13H15N3O3S. The lowest BCUT2D eigenvalue weighted by molar-refractivity contribution is -0.140. The van der Waals surface area contributed by atoms with Gasteiger partial charge in [0, 0.05) is 6.54 Å². The fourth-order valence-electron chi connectivity index (χ4n) is 1.56. The number of aromatic nitrogens is 1. The van der Waals surface area contributed by atoms with Crippen LogP contribution in [0, 0.1) is 12.8 Å². The second kappa shape index (κ2) is 5.87. The lowest BCUT2D eigenvalue weighted by Gasteiger charge is -2.07. The topological polar surface area (TPSA) is 91.3 Å². The van der Waals surface area contributed by atoms with Crippen molar-refractivity contribution in [2.75, 3.05) is 11.9 Å². The molecule has 1 aromatic carbocycles. The normalized spacial score (nSPS) is 12.1. The summed E-state index contributed by atoms with van der Waals surface area (Å²) in [6.45, 7) is 3.60. The van der Waals surface area contributed by atoms with Gasteiger partial charge in [0.2, 0.25) is 0 Å². The van der Waals surface area contributed by atoms with Gasteiger partial charge in [-0.1, -0.05) is 24.3 Å². The van der Waals surface area contributed by atoms with Crippen LogP contribution in [0.5, 0.6) is 0 Å². The summed E-state index contributed by atoms with van der Waals surface area (Å²) in [5.41, 5.74) is 1.96. The number of thiazole rings is 1. The maximum absolute atomic E-state index is 11.6. The first-order chi connectivity index (χ1) is 9.45. The fraction of sp³-hybridized carbons (Fsp3) is 0.308. The van der Waals surface area contributed by atoms with E-state index in [2.05, 4.69) is 15.6 Å². The van der Waals surface area contributed by atoms with Crippen LogP contribution in [0.25, 0.3) is 10.2 Å². The van der Waals surface area contributed by atoms with E-state index in [-0.39, 0.29) is 6.54 Å². The van der Waals surface area contributed by atoms with Crippen LogP contribution < -0.4 is 10.6 Å². The summed E-state index contributed by atoms with van der Waals surface area (Å²) in [6.07, 6.45) is 0. The van der Waals surface area contributed by atoms with Gasteiger partial charge >= 0.3 is 12.0 Å². The smallest absolute Gasteiger partial charge is 0.321 e. The molecule has 0 fully saturated rings. The van der Waals surface area contributed by atoms with Crippen molar-refractivity contribution in [2.45, 2.75) is 13.8 Å². The first kappa shape index (κ1) is 14.3. The maximum Gasteiger partial charge on any atom is 0.321 e. The number of amides is 2. The van der Waals surface area contributed by atoms with Crippen LogP contribution in [0.4, 0.5) is 9.93 Å². The molecule has 1 aromatic heterocycles. The van der Waals surface area contributed by atoms with Crippen molar-refractivity contribution < 1.29 is 14.7 Å². The minimum Gasteiger partial charge on any atom is -0.481 e. The number of nitrogens with one attached hydrogen (secondary N) is 2. The molecule has 1 atom stereocenters. The molecule has 2 rings (SSSR count). The van der Waals surface area contributed by atoms with Crippen molar-refractivity contribution in [1.82, 2.24) is 10.3 Å². The number of carbonyl (C=O) groups is 2. The van der Waals surface area contributed by atoms with Gasteiger partial charge in [-0.2, -0.15) is 0 Å². The number of carboxylic acid groups (broad SMARTS) is 1. The largest absolute Gasteiger partial charge is 0.481 e. The second-order valence-electron chi connectivity index (χ2n) is 4.56. The predicted molar refractivity (Wildman–Crippen MR) is 78.2 cm³/mol. The fourth-order valence-corrected chi connectivity index (χ4v) is 2.52. The molecular weight excluding hydrogens is 278 g/mol. The Balaban J connectivity index is 1.97. The lowest BCUT2D eigenvalue weighted by atomic mass is 10.2. The van der Waals surface area contributed by atoms with Gasteiger partial charge in [-0.3, -0.25) is 10.1 Å². The number of hydrogen-bond donors (Lipinski definition) is 3. The Morgan fingerprint density at radius 1 is 1.45 bits per heavy atom. The van der Waals surface area contributed by atoms with Crippen LogP contribution in [0.15, 0.2) is 18.2 Å². The highest BCUT2D eigenvalue weighted by Crippen LogP contribution is 2.26. The highest BCUT2D eigenvalue weighted by molar-refractivity contribution is 7.22. The van der Waals surface area contributed by atoms with Crippen molar-refractivity contribution in [3.05, 3.63) is 23.8 Å². The van der Waals surface area contributed by atoms with Crippen molar-refractivity contribution in [3.63, 3.8) is 0 Å². The van der Waals surface area contributed by atoms with E-state index in [1.165, 1.54) is 18.3 Å². The van der Waals surface area contributed by atoms with Crippen molar-refractivity contribution in [1.29, 1.82) is 0 Å². The van der Waals surface area contributed by atoms with Crippen LogP contribution >= 0.6 is 11.3 Å². The van der Waals surface area contributed by atoms with Gasteiger partial charge in [0.15, 0.2) is 5.13 Å². The van der Waals surface area contributed by atoms with E-state index in [1.807, 2.05) is 25.1 Å². The third-order valence-electron chi connectivity index (χ3n) is 2.75. The molecule has 0 saturated heterocycles. The number of anilines is 1. The standard InChI is InChI=1S/C13H15N3O3S/c1-7-3-4-9-10(5-7)20-13(15-9)16-12(19)14-6-8(2)11(17)18/h3-5,8H,6H2,1-2H3,(H,17,18)(H2,14,15,16,19). The summed E-state index contributed by atoms with van der Waals surface area (Å²) in [6, 6.07) is 5.41. The van der Waals surface area contributed by atoms with E-state index in [0.29, 0.717) is 5.13 Å². The summed E-state index contributed by atoms with van der Waals surface area (Å²) in [5.74, 6) is -1.57. The Morgan fingerprint density at radius 2 is 2.20 bits per heavy atom. The number of aryl methyl sites for hydroxylation is 1. The highest BCUT2D eigenvalue weighted by Gasteiger charge is 2.13. The third-order valence-corrected chi connectivity index (χ3v) is 3.69. The average Bonchev–Trinajstić information content (AvgIpc) is 2.76. The molecule has 6 nitrogen and oxygen atoms in total. The van der Waals surface area contributed by atoms with Crippen LogP contribution in [-0.2, 0) is 4.79 Å². The van der Waals surface area contributed by atoms with Crippen molar-refractivity contribution in [3.8, 4) is 0 Å². The molecule has 1 unspecified atom stereocenters. The Labute approximate surface area is 119 Å². The zero-order valence-electron chi connectivity index (χ0n) is 11.1. The van der Waals surface area contributed by atoms with E-state index in [4.69, 9.17) is 5.11 Å². The number of carbonyl (C=O) groups excluding carboxylic acids is 1. The molecule has 0 aliphatic carbocycles. The zero-order valence-corrected chi connectivity index (χ0v) is 12.0. The van der Waals surface area contributed by atoms with E-state index in [9.17, 15) is 9.59 Å².